The van der Waals surface area contributed by atoms with Crippen molar-refractivity contribution in [2.45, 2.75) is 31.1 Å². The van der Waals surface area contributed by atoms with Crippen LogP contribution in [0.1, 0.15) is 25.3 Å². The molecule has 0 aromatic heterocycles. The molecule has 0 radical (unpaired) electrons. The summed E-state index contributed by atoms with van der Waals surface area (Å²) >= 11 is 6.44. The van der Waals surface area contributed by atoms with Crippen LogP contribution in [0.2, 0.25) is 5.02 Å². The van der Waals surface area contributed by atoms with E-state index < -0.39 is 10.0 Å². The molecule has 0 bridgehead atoms. The molecule has 3 rings (SSSR count). The molecule has 28 heavy (non-hydrogen) atoms. The van der Waals surface area contributed by atoms with Gasteiger partial charge in [0.25, 0.3) is 0 Å². The van der Waals surface area contributed by atoms with Gasteiger partial charge in [0.15, 0.2) is 0 Å². The van der Waals surface area contributed by atoms with E-state index in [0.29, 0.717) is 16.3 Å². The fourth-order valence-corrected chi connectivity index (χ4v) is 4.09. The number of benzene rings is 2. The summed E-state index contributed by atoms with van der Waals surface area (Å²) in [6.07, 6.45) is 2.42. The lowest BCUT2D eigenvalue weighted by Crippen LogP contribution is -2.32. The third kappa shape index (κ3) is 5.25. The number of anilines is 2. The van der Waals surface area contributed by atoms with E-state index >= 15 is 0 Å². The molecule has 2 aromatic rings. The van der Waals surface area contributed by atoms with Gasteiger partial charge < -0.3 is 10.2 Å². The number of primary sulfonamides is 1. The van der Waals surface area contributed by atoms with Gasteiger partial charge in [-0.1, -0.05) is 30.7 Å². The number of carbonyl (C=O) groups excluding carboxylic acids is 1. The first kappa shape index (κ1) is 20.6. The van der Waals surface area contributed by atoms with Crippen LogP contribution in [-0.2, 0) is 21.2 Å². The van der Waals surface area contributed by atoms with Gasteiger partial charge in [0.2, 0.25) is 15.9 Å². The van der Waals surface area contributed by atoms with Crippen LogP contribution in [0.4, 0.5) is 11.4 Å². The van der Waals surface area contributed by atoms with Gasteiger partial charge in [-0.3, -0.25) is 4.79 Å². The van der Waals surface area contributed by atoms with Crippen molar-refractivity contribution in [3.8, 4) is 0 Å². The van der Waals surface area contributed by atoms with Gasteiger partial charge in [-0.15, -0.1) is 0 Å². The number of nitrogens with one attached hydrogen (secondary N) is 1. The molecule has 0 aliphatic carbocycles. The van der Waals surface area contributed by atoms with Crippen LogP contribution in [0.25, 0.3) is 0 Å². The maximum absolute atomic E-state index is 12.3. The Balaban J connectivity index is 1.62. The lowest BCUT2D eigenvalue weighted by Gasteiger charge is -2.32. The molecule has 1 fully saturated rings. The van der Waals surface area contributed by atoms with Crippen molar-refractivity contribution in [1.29, 1.82) is 0 Å². The zero-order valence-corrected chi connectivity index (χ0v) is 17.3. The molecule has 1 aliphatic rings. The highest BCUT2D eigenvalue weighted by Gasteiger charge is 2.18. The Labute approximate surface area is 170 Å². The minimum absolute atomic E-state index is 0.0196. The number of hydrogen-bond acceptors (Lipinski definition) is 4. The van der Waals surface area contributed by atoms with Crippen LogP contribution in [0.5, 0.6) is 0 Å². The normalized spacial score (nSPS) is 15.5. The molecule has 1 saturated heterocycles. The predicted octanol–water partition coefficient (Wildman–Crippen LogP) is 3.40. The molecule has 1 heterocycles. The van der Waals surface area contributed by atoms with Gasteiger partial charge in [-0.05, 0) is 54.7 Å². The Morgan fingerprint density at radius 3 is 2.39 bits per heavy atom. The van der Waals surface area contributed by atoms with E-state index in [2.05, 4.69) is 17.1 Å². The third-order valence-corrected chi connectivity index (χ3v) is 6.20. The van der Waals surface area contributed by atoms with E-state index in [4.69, 9.17) is 16.7 Å². The Morgan fingerprint density at radius 2 is 1.82 bits per heavy atom. The average Bonchev–Trinajstić information content (AvgIpc) is 2.62. The van der Waals surface area contributed by atoms with Crippen molar-refractivity contribution in [3.63, 3.8) is 0 Å². The first-order valence-electron chi connectivity index (χ1n) is 9.18. The van der Waals surface area contributed by atoms with E-state index in [-0.39, 0.29) is 17.2 Å². The van der Waals surface area contributed by atoms with Gasteiger partial charge in [0, 0.05) is 18.8 Å². The molecule has 0 unspecified atom stereocenters. The number of amides is 1. The summed E-state index contributed by atoms with van der Waals surface area (Å²) in [7, 11) is -3.74. The molecule has 2 aromatic carbocycles. The van der Waals surface area contributed by atoms with Crippen molar-refractivity contribution >= 4 is 38.9 Å². The van der Waals surface area contributed by atoms with Gasteiger partial charge >= 0.3 is 0 Å². The standard InChI is InChI=1S/C20H24ClN3O3S/c1-14-8-10-24(11-9-14)19-7-4-16(13-18(19)21)23-20(25)12-15-2-5-17(6-3-15)28(22,26)27/h2-7,13-14H,8-12H2,1H3,(H,23,25)(H2,22,26,27). The number of nitrogens with two attached hydrogens (primary N) is 1. The quantitative estimate of drug-likeness (QED) is 0.773. The van der Waals surface area contributed by atoms with Crippen molar-refractivity contribution < 1.29 is 13.2 Å². The van der Waals surface area contributed by atoms with Gasteiger partial charge in [-0.25, -0.2) is 13.6 Å². The van der Waals surface area contributed by atoms with Crippen LogP contribution in [-0.4, -0.2) is 27.4 Å². The molecule has 150 valence electrons. The van der Waals surface area contributed by atoms with E-state index in [1.807, 2.05) is 12.1 Å². The Morgan fingerprint density at radius 1 is 1.18 bits per heavy atom. The van der Waals surface area contributed by atoms with Crippen molar-refractivity contribution in [1.82, 2.24) is 0 Å². The minimum atomic E-state index is -3.74. The van der Waals surface area contributed by atoms with Gasteiger partial charge in [0.1, 0.15) is 0 Å². The van der Waals surface area contributed by atoms with E-state index in [1.165, 1.54) is 12.1 Å². The zero-order chi connectivity index (χ0) is 20.3. The summed E-state index contributed by atoms with van der Waals surface area (Å²) in [5, 5.41) is 8.52. The van der Waals surface area contributed by atoms with E-state index in [9.17, 15) is 13.2 Å². The summed E-state index contributed by atoms with van der Waals surface area (Å²) < 4.78 is 22.6. The molecule has 0 atom stereocenters. The topological polar surface area (TPSA) is 92.5 Å². The van der Waals surface area contributed by atoms with Crippen LogP contribution in [0.15, 0.2) is 47.4 Å². The highest BCUT2D eigenvalue weighted by molar-refractivity contribution is 7.89. The van der Waals surface area contributed by atoms with Crippen molar-refractivity contribution in [2.75, 3.05) is 23.3 Å². The molecule has 0 saturated carbocycles. The molecular formula is C20H24ClN3O3S. The van der Waals surface area contributed by atoms with Gasteiger partial charge in [0.05, 0.1) is 22.0 Å². The monoisotopic (exact) mass is 421 g/mol. The molecule has 1 amide bonds. The fourth-order valence-electron chi connectivity index (χ4n) is 3.28. The molecule has 0 spiro atoms. The maximum Gasteiger partial charge on any atom is 0.238 e. The predicted molar refractivity (Wildman–Crippen MR) is 112 cm³/mol. The highest BCUT2D eigenvalue weighted by Crippen LogP contribution is 2.31. The maximum atomic E-state index is 12.3. The van der Waals surface area contributed by atoms with E-state index in [1.54, 1.807) is 18.2 Å². The van der Waals surface area contributed by atoms with Crippen LogP contribution < -0.4 is 15.4 Å². The molecule has 3 N–H and O–H groups in total. The average molecular weight is 422 g/mol. The molecule has 8 heteroatoms. The van der Waals surface area contributed by atoms with Crippen LogP contribution in [0.3, 0.4) is 0 Å². The van der Waals surface area contributed by atoms with Crippen LogP contribution in [0, 0.1) is 5.92 Å². The summed E-state index contributed by atoms with van der Waals surface area (Å²) in [6, 6.07) is 11.5. The summed E-state index contributed by atoms with van der Waals surface area (Å²) in [4.78, 5) is 14.6. The van der Waals surface area contributed by atoms with Gasteiger partial charge in [-0.2, -0.15) is 0 Å². The third-order valence-electron chi connectivity index (χ3n) is 4.97. The number of halogens is 1. The number of piperidine rings is 1. The molecular weight excluding hydrogens is 398 g/mol. The molecule has 1 aliphatic heterocycles. The lowest BCUT2D eigenvalue weighted by molar-refractivity contribution is -0.115. The number of carbonyl (C=O) groups is 1. The van der Waals surface area contributed by atoms with Crippen molar-refractivity contribution in [2.24, 2.45) is 11.1 Å². The zero-order valence-electron chi connectivity index (χ0n) is 15.7. The summed E-state index contributed by atoms with van der Waals surface area (Å²) in [5.41, 5.74) is 2.31. The second kappa shape index (κ2) is 8.51. The highest BCUT2D eigenvalue weighted by atomic mass is 35.5. The fraction of sp³-hybridized carbons (Fsp3) is 0.350. The van der Waals surface area contributed by atoms with E-state index in [0.717, 1.165) is 37.5 Å². The second-order valence-electron chi connectivity index (χ2n) is 7.25. The van der Waals surface area contributed by atoms with Crippen LogP contribution >= 0.6 is 11.6 Å². The number of hydrogen-bond donors (Lipinski definition) is 2. The Kier molecular flexibility index (Phi) is 6.27. The minimum Gasteiger partial charge on any atom is -0.370 e. The second-order valence-corrected chi connectivity index (χ2v) is 9.22. The number of nitrogens with zero attached hydrogens (tertiary/aromatic N) is 1. The smallest absolute Gasteiger partial charge is 0.238 e. The SMILES string of the molecule is CC1CCN(c2ccc(NC(=O)Cc3ccc(S(N)(=O)=O)cc3)cc2Cl)CC1. The Hall–Kier alpha value is -2.09. The number of sulfonamides is 1. The Bertz CT molecular complexity index is 953. The largest absolute Gasteiger partial charge is 0.370 e. The molecule has 6 nitrogen and oxygen atoms in total. The first-order chi connectivity index (χ1) is 13.2. The number of rotatable bonds is 5. The van der Waals surface area contributed by atoms with Crippen molar-refractivity contribution in [3.05, 3.63) is 53.1 Å². The summed E-state index contributed by atoms with van der Waals surface area (Å²) in [6.45, 7) is 4.24. The lowest BCUT2D eigenvalue weighted by atomic mass is 9.99. The summed E-state index contributed by atoms with van der Waals surface area (Å²) in [5.74, 6) is 0.534. The first-order valence-corrected chi connectivity index (χ1v) is 11.1.